The summed E-state index contributed by atoms with van der Waals surface area (Å²) in [6.45, 7) is 2.51. The van der Waals surface area contributed by atoms with Gasteiger partial charge in [-0.3, -0.25) is 9.78 Å². The lowest BCUT2D eigenvalue weighted by atomic mass is 9.83. The summed E-state index contributed by atoms with van der Waals surface area (Å²) in [7, 11) is -3.12. The number of hydrogen-bond donors (Lipinski definition) is 1. The SMILES string of the molecule is COc1ccc2cccnc2c1S(=O)(=O)N(Cc1ccc(-c2cccc(C(C)(C)C(=O)O)c2)cc1)Cc1ccc(C(F)(F)F)o1. The number of fused-ring (bicyclic) bond motifs is 1. The van der Waals surface area contributed by atoms with Crippen molar-refractivity contribution in [1.29, 1.82) is 0 Å². The first-order valence-corrected chi connectivity index (χ1v) is 15.2. The lowest BCUT2D eigenvalue weighted by Gasteiger charge is -2.23. The largest absolute Gasteiger partial charge is 0.495 e. The molecule has 5 aromatic rings. The van der Waals surface area contributed by atoms with E-state index in [4.69, 9.17) is 9.15 Å². The van der Waals surface area contributed by atoms with Gasteiger partial charge in [-0.05, 0) is 66.4 Å². The molecule has 0 spiro atoms. The molecule has 0 bridgehead atoms. The van der Waals surface area contributed by atoms with Crippen molar-refractivity contribution in [2.75, 3.05) is 7.11 Å². The highest BCUT2D eigenvalue weighted by molar-refractivity contribution is 7.89. The molecule has 3 aromatic carbocycles. The molecule has 45 heavy (non-hydrogen) atoms. The van der Waals surface area contributed by atoms with Gasteiger partial charge >= 0.3 is 12.1 Å². The molecule has 0 fully saturated rings. The summed E-state index contributed by atoms with van der Waals surface area (Å²) in [5.74, 6) is -2.38. The van der Waals surface area contributed by atoms with Gasteiger partial charge in [-0.2, -0.15) is 17.5 Å². The lowest BCUT2D eigenvalue weighted by molar-refractivity contribution is -0.153. The first kappa shape index (κ1) is 31.7. The molecular formula is C33H29F3N2O6S. The van der Waals surface area contributed by atoms with E-state index in [0.29, 0.717) is 16.5 Å². The number of rotatable bonds is 10. The molecule has 0 unspecified atom stereocenters. The quantitative estimate of drug-likeness (QED) is 0.171. The number of alkyl halides is 3. The Morgan fingerprint density at radius 3 is 2.31 bits per heavy atom. The van der Waals surface area contributed by atoms with Crippen LogP contribution in [0.3, 0.4) is 0 Å². The molecule has 0 atom stereocenters. The van der Waals surface area contributed by atoms with Crippen molar-refractivity contribution < 1.29 is 40.6 Å². The van der Waals surface area contributed by atoms with Gasteiger partial charge in [-0.15, -0.1) is 0 Å². The van der Waals surface area contributed by atoms with Gasteiger partial charge in [0.1, 0.15) is 11.5 Å². The minimum Gasteiger partial charge on any atom is -0.495 e. The van der Waals surface area contributed by atoms with Gasteiger partial charge < -0.3 is 14.3 Å². The Morgan fingerprint density at radius 1 is 0.933 bits per heavy atom. The van der Waals surface area contributed by atoms with Crippen LogP contribution in [0.25, 0.3) is 22.0 Å². The van der Waals surface area contributed by atoms with E-state index in [0.717, 1.165) is 27.6 Å². The number of methoxy groups -OCH3 is 1. The fraction of sp³-hybridized carbons (Fsp3) is 0.212. The van der Waals surface area contributed by atoms with Crippen molar-refractivity contribution in [3.8, 4) is 16.9 Å². The van der Waals surface area contributed by atoms with Crippen molar-refractivity contribution in [3.05, 3.63) is 114 Å². The van der Waals surface area contributed by atoms with Crippen LogP contribution in [0.4, 0.5) is 13.2 Å². The molecular weight excluding hydrogens is 609 g/mol. The fourth-order valence-electron chi connectivity index (χ4n) is 4.87. The number of pyridine rings is 1. The zero-order valence-corrected chi connectivity index (χ0v) is 25.3. The number of hydrogen-bond acceptors (Lipinski definition) is 6. The zero-order chi connectivity index (χ0) is 32.6. The standard InChI is InChI=1S/C33H29F3N2O6S/c1-32(2,31(39)40)25-8-4-6-24(18-25)22-11-9-21(10-12-22)19-38(20-26-14-16-28(44-26)33(34,35)36)45(41,42)30-27(43-3)15-13-23-7-5-17-37-29(23)30/h4-18H,19-20H2,1-3H3,(H,39,40). The Hall–Kier alpha value is -4.68. The zero-order valence-electron chi connectivity index (χ0n) is 24.5. The van der Waals surface area contributed by atoms with E-state index in [1.165, 1.54) is 19.4 Å². The summed E-state index contributed by atoms with van der Waals surface area (Å²) in [6.07, 6.45) is -3.30. The smallest absolute Gasteiger partial charge is 0.449 e. The Labute approximate surface area is 257 Å². The van der Waals surface area contributed by atoms with E-state index in [2.05, 4.69) is 4.98 Å². The van der Waals surface area contributed by atoms with E-state index in [-0.39, 0.29) is 28.5 Å². The highest BCUT2D eigenvalue weighted by atomic mass is 32.2. The van der Waals surface area contributed by atoms with Crippen molar-refractivity contribution >= 4 is 26.9 Å². The summed E-state index contributed by atoms with van der Waals surface area (Å²) in [5, 5.41) is 10.2. The molecule has 2 heterocycles. The van der Waals surface area contributed by atoms with Crippen molar-refractivity contribution in [1.82, 2.24) is 9.29 Å². The maximum Gasteiger partial charge on any atom is 0.449 e. The topological polar surface area (TPSA) is 110 Å². The van der Waals surface area contributed by atoms with E-state index < -0.39 is 39.9 Å². The maximum atomic E-state index is 14.3. The van der Waals surface area contributed by atoms with Crippen LogP contribution in [0.5, 0.6) is 5.75 Å². The minimum atomic E-state index is -4.74. The lowest BCUT2D eigenvalue weighted by Crippen LogP contribution is -2.30. The molecule has 0 amide bonds. The van der Waals surface area contributed by atoms with Crippen LogP contribution in [0.2, 0.25) is 0 Å². The highest BCUT2D eigenvalue weighted by Gasteiger charge is 2.36. The summed E-state index contributed by atoms with van der Waals surface area (Å²) in [5.41, 5.74) is 1.72. The van der Waals surface area contributed by atoms with Crippen LogP contribution < -0.4 is 4.74 Å². The third-order valence-corrected chi connectivity index (χ3v) is 9.40. The molecule has 0 saturated carbocycles. The molecule has 0 aliphatic carbocycles. The average molecular weight is 639 g/mol. The van der Waals surface area contributed by atoms with E-state index >= 15 is 0 Å². The van der Waals surface area contributed by atoms with Crippen LogP contribution in [0.1, 0.15) is 36.5 Å². The predicted molar refractivity (Wildman–Crippen MR) is 161 cm³/mol. The van der Waals surface area contributed by atoms with Crippen molar-refractivity contribution in [3.63, 3.8) is 0 Å². The summed E-state index contributed by atoms with van der Waals surface area (Å²) >= 11 is 0. The Bertz CT molecular complexity index is 1970. The van der Waals surface area contributed by atoms with Gasteiger partial charge in [0.05, 0.1) is 24.6 Å². The molecule has 12 heteroatoms. The number of nitrogens with zero attached hydrogens (tertiary/aromatic N) is 2. The first-order chi connectivity index (χ1) is 21.2. The molecule has 1 N–H and O–H groups in total. The highest BCUT2D eigenvalue weighted by Crippen LogP contribution is 2.36. The number of aromatic nitrogens is 1. The number of furan rings is 1. The first-order valence-electron chi connectivity index (χ1n) is 13.7. The van der Waals surface area contributed by atoms with Crippen LogP contribution in [0.15, 0.2) is 100 Å². The second-order valence-electron chi connectivity index (χ2n) is 10.9. The number of aliphatic carboxylic acids is 1. The van der Waals surface area contributed by atoms with Gasteiger partial charge in [-0.1, -0.05) is 54.6 Å². The molecule has 0 aliphatic rings. The van der Waals surface area contributed by atoms with E-state index in [1.54, 1.807) is 74.5 Å². The van der Waals surface area contributed by atoms with E-state index in [9.17, 15) is 31.5 Å². The van der Waals surface area contributed by atoms with Crippen molar-refractivity contribution in [2.45, 2.75) is 43.4 Å². The van der Waals surface area contributed by atoms with Gasteiger partial charge in [0.2, 0.25) is 15.8 Å². The van der Waals surface area contributed by atoms with Crippen LogP contribution in [-0.2, 0) is 39.5 Å². The molecule has 8 nitrogen and oxygen atoms in total. The Kier molecular flexibility index (Phi) is 8.47. The maximum absolute atomic E-state index is 14.3. The second kappa shape index (κ2) is 12.0. The normalized spacial score (nSPS) is 12.5. The van der Waals surface area contributed by atoms with Crippen LogP contribution >= 0.6 is 0 Å². The molecule has 0 aliphatic heterocycles. The second-order valence-corrected chi connectivity index (χ2v) is 12.8. The minimum absolute atomic E-state index is 0.0288. The fourth-order valence-corrected chi connectivity index (χ4v) is 6.57. The number of sulfonamides is 1. The molecule has 5 rings (SSSR count). The van der Waals surface area contributed by atoms with Crippen LogP contribution in [-0.4, -0.2) is 35.9 Å². The summed E-state index contributed by atoms with van der Waals surface area (Å²) in [6, 6.07) is 22.4. The van der Waals surface area contributed by atoms with Gasteiger partial charge in [0.15, 0.2) is 4.90 Å². The van der Waals surface area contributed by atoms with E-state index in [1.807, 2.05) is 6.07 Å². The molecule has 0 saturated heterocycles. The third-order valence-electron chi connectivity index (χ3n) is 7.55. The average Bonchev–Trinajstić information content (AvgIpc) is 3.50. The molecule has 0 radical (unpaired) electrons. The predicted octanol–water partition coefficient (Wildman–Crippen LogP) is 7.28. The van der Waals surface area contributed by atoms with Gasteiger partial charge in [0.25, 0.3) is 0 Å². The summed E-state index contributed by atoms with van der Waals surface area (Å²) < 4.78 is 79.9. The molecule has 2 aromatic heterocycles. The number of carboxylic acids is 1. The Morgan fingerprint density at radius 2 is 1.67 bits per heavy atom. The Balaban J connectivity index is 1.54. The van der Waals surface area contributed by atoms with Crippen LogP contribution in [0, 0.1) is 0 Å². The number of carboxylic acid groups (broad SMARTS) is 1. The van der Waals surface area contributed by atoms with Crippen molar-refractivity contribution in [2.24, 2.45) is 0 Å². The number of carbonyl (C=O) groups is 1. The summed E-state index contributed by atoms with van der Waals surface area (Å²) in [4.78, 5) is 15.8. The molecule has 234 valence electrons. The number of halogens is 3. The third kappa shape index (κ3) is 6.43. The van der Waals surface area contributed by atoms with Gasteiger partial charge in [-0.25, -0.2) is 8.42 Å². The van der Waals surface area contributed by atoms with Gasteiger partial charge in [0, 0.05) is 18.1 Å². The number of ether oxygens (including phenoxy) is 1. The number of benzene rings is 3. The monoisotopic (exact) mass is 638 g/mol.